The van der Waals surface area contributed by atoms with E-state index in [-0.39, 0.29) is 33.5 Å². The molecule has 0 amide bonds. The van der Waals surface area contributed by atoms with Gasteiger partial charge in [0.05, 0.1) is 33.7 Å². The van der Waals surface area contributed by atoms with Gasteiger partial charge in [-0.15, -0.1) is 0 Å². The van der Waals surface area contributed by atoms with Crippen molar-refractivity contribution in [1.29, 1.82) is 0 Å². The van der Waals surface area contributed by atoms with Gasteiger partial charge >= 0.3 is 5.97 Å². The monoisotopic (exact) mass is 332 g/mol. The number of nitro groups is 1. The molecule has 0 bridgehead atoms. The van der Waals surface area contributed by atoms with E-state index in [1.54, 1.807) is 0 Å². The van der Waals surface area contributed by atoms with Crippen LogP contribution in [0.3, 0.4) is 0 Å². The number of nitrogens with zero attached hydrogens (tertiary/aromatic N) is 2. The lowest BCUT2D eigenvalue weighted by Crippen LogP contribution is -2.24. The number of hydrogen-bond acceptors (Lipinski definition) is 5. The normalized spacial score (nSPS) is 21.4. The van der Waals surface area contributed by atoms with Crippen LogP contribution in [0.1, 0.15) is 6.92 Å². The molecule has 1 heterocycles. The highest BCUT2D eigenvalue weighted by molar-refractivity contribution is 6.39. The van der Waals surface area contributed by atoms with Crippen molar-refractivity contribution >= 4 is 40.5 Å². The quantitative estimate of drug-likeness (QED) is 0.483. The Labute approximate surface area is 131 Å². The van der Waals surface area contributed by atoms with E-state index < -0.39 is 4.92 Å². The van der Waals surface area contributed by atoms with Gasteiger partial charge in [0.1, 0.15) is 0 Å². The molecule has 1 aliphatic rings. The van der Waals surface area contributed by atoms with E-state index in [1.165, 1.54) is 19.2 Å². The van der Waals surface area contributed by atoms with Gasteiger partial charge in [0, 0.05) is 25.2 Å². The molecule has 1 fully saturated rings. The molecule has 0 radical (unpaired) electrons. The molecule has 1 aromatic carbocycles. The van der Waals surface area contributed by atoms with Gasteiger partial charge in [-0.3, -0.25) is 14.9 Å². The summed E-state index contributed by atoms with van der Waals surface area (Å²) in [6, 6.07) is 2.53. The summed E-state index contributed by atoms with van der Waals surface area (Å²) in [6.07, 6.45) is 0. The SMILES string of the molecule is COC(=O)C1CN(c2c(Cl)cc([N+](=O)[O-])cc2Cl)CC1C. The van der Waals surface area contributed by atoms with Crippen LogP contribution in [0.2, 0.25) is 10.0 Å². The van der Waals surface area contributed by atoms with Crippen LogP contribution < -0.4 is 4.90 Å². The summed E-state index contributed by atoms with van der Waals surface area (Å²) in [5.41, 5.74) is 0.354. The van der Waals surface area contributed by atoms with Crippen molar-refractivity contribution < 1.29 is 14.5 Å². The number of rotatable bonds is 3. The van der Waals surface area contributed by atoms with Crippen molar-refractivity contribution in [1.82, 2.24) is 0 Å². The maximum absolute atomic E-state index is 11.7. The zero-order valence-corrected chi connectivity index (χ0v) is 13.0. The molecule has 2 unspecified atom stereocenters. The second-order valence-electron chi connectivity index (χ2n) is 5.03. The summed E-state index contributed by atoms with van der Waals surface area (Å²) >= 11 is 12.2. The fourth-order valence-electron chi connectivity index (χ4n) is 2.57. The molecular weight excluding hydrogens is 319 g/mol. The summed E-state index contributed by atoms with van der Waals surface area (Å²) in [5, 5.41) is 11.2. The molecule has 6 nitrogen and oxygen atoms in total. The molecule has 0 N–H and O–H groups in total. The molecule has 0 spiro atoms. The molecule has 2 atom stereocenters. The zero-order chi connectivity index (χ0) is 15.7. The smallest absolute Gasteiger partial charge is 0.310 e. The Morgan fingerprint density at radius 1 is 1.38 bits per heavy atom. The van der Waals surface area contributed by atoms with Crippen LogP contribution in [0.25, 0.3) is 0 Å². The van der Waals surface area contributed by atoms with Crippen LogP contribution >= 0.6 is 23.2 Å². The molecule has 2 rings (SSSR count). The van der Waals surface area contributed by atoms with E-state index in [4.69, 9.17) is 27.9 Å². The molecular formula is C13H14Cl2N2O4. The standard InChI is InChI=1S/C13H14Cl2N2O4/c1-7-5-16(6-9(7)13(18)21-2)12-10(14)3-8(17(19)20)4-11(12)15/h3-4,7,9H,5-6H2,1-2H3. The number of methoxy groups -OCH3 is 1. The van der Waals surface area contributed by atoms with Crippen molar-refractivity contribution in [3.63, 3.8) is 0 Å². The minimum absolute atomic E-state index is 0.0831. The van der Waals surface area contributed by atoms with Gasteiger partial charge in [0.2, 0.25) is 0 Å². The first-order chi connectivity index (χ1) is 9.85. The third kappa shape index (κ3) is 3.06. The number of non-ortho nitro benzene ring substituents is 1. The largest absolute Gasteiger partial charge is 0.469 e. The Bertz CT molecular complexity index is 571. The van der Waals surface area contributed by atoms with Gasteiger partial charge in [0.15, 0.2) is 0 Å². The minimum Gasteiger partial charge on any atom is -0.469 e. The van der Waals surface area contributed by atoms with E-state index in [9.17, 15) is 14.9 Å². The topological polar surface area (TPSA) is 72.7 Å². The summed E-state index contributed by atoms with van der Waals surface area (Å²) in [5.74, 6) is -0.462. The lowest BCUT2D eigenvalue weighted by molar-refractivity contribution is -0.384. The molecule has 8 heteroatoms. The summed E-state index contributed by atoms with van der Waals surface area (Å²) in [4.78, 5) is 23.8. The van der Waals surface area contributed by atoms with Crippen molar-refractivity contribution in [3.8, 4) is 0 Å². The number of anilines is 1. The van der Waals surface area contributed by atoms with E-state index in [1.807, 2.05) is 11.8 Å². The van der Waals surface area contributed by atoms with Gasteiger partial charge in [-0.2, -0.15) is 0 Å². The van der Waals surface area contributed by atoms with E-state index >= 15 is 0 Å². The van der Waals surface area contributed by atoms with Gasteiger partial charge in [-0.1, -0.05) is 30.1 Å². The third-order valence-electron chi connectivity index (χ3n) is 3.64. The number of esters is 1. The first-order valence-electron chi connectivity index (χ1n) is 6.31. The maximum Gasteiger partial charge on any atom is 0.310 e. The van der Waals surface area contributed by atoms with Gasteiger partial charge in [-0.25, -0.2) is 0 Å². The maximum atomic E-state index is 11.7. The molecule has 1 saturated heterocycles. The van der Waals surface area contributed by atoms with E-state index in [2.05, 4.69) is 0 Å². The Kier molecular flexibility index (Phi) is 4.58. The zero-order valence-electron chi connectivity index (χ0n) is 11.5. The van der Waals surface area contributed by atoms with Crippen LogP contribution in [-0.2, 0) is 9.53 Å². The fraction of sp³-hybridized carbons (Fsp3) is 0.462. The van der Waals surface area contributed by atoms with E-state index in [0.717, 1.165) is 0 Å². The average molecular weight is 333 g/mol. The Morgan fingerprint density at radius 2 is 1.95 bits per heavy atom. The van der Waals surface area contributed by atoms with Gasteiger partial charge < -0.3 is 9.64 Å². The highest BCUT2D eigenvalue weighted by Gasteiger charge is 2.37. The van der Waals surface area contributed by atoms with Crippen molar-refractivity contribution in [2.75, 3.05) is 25.1 Å². The Hall–Kier alpha value is -1.53. The first kappa shape index (κ1) is 15.9. The van der Waals surface area contributed by atoms with E-state index in [0.29, 0.717) is 18.8 Å². The lowest BCUT2D eigenvalue weighted by atomic mass is 9.99. The lowest BCUT2D eigenvalue weighted by Gasteiger charge is -2.21. The minimum atomic E-state index is -0.550. The first-order valence-corrected chi connectivity index (χ1v) is 7.07. The summed E-state index contributed by atoms with van der Waals surface area (Å²) < 4.78 is 4.78. The summed E-state index contributed by atoms with van der Waals surface area (Å²) in [7, 11) is 1.35. The Morgan fingerprint density at radius 3 is 2.43 bits per heavy atom. The molecule has 0 saturated carbocycles. The van der Waals surface area contributed by atoms with Crippen molar-refractivity contribution in [2.24, 2.45) is 11.8 Å². The van der Waals surface area contributed by atoms with Crippen LogP contribution in [0.15, 0.2) is 12.1 Å². The number of carbonyl (C=O) groups excluding carboxylic acids is 1. The number of nitro benzene ring substituents is 1. The highest BCUT2D eigenvalue weighted by Crippen LogP contribution is 2.40. The number of benzene rings is 1. The fourth-order valence-corrected chi connectivity index (χ4v) is 3.28. The van der Waals surface area contributed by atoms with Crippen LogP contribution in [-0.4, -0.2) is 31.1 Å². The molecule has 21 heavy (non-hydrogen) atoms. The van der Waals surface area contributed by atoms with Crippen molar-refractivity contribution in [3.05, 3.63) is 32.3 Å². The number of carbonyl (C=O) groups is 1. The predicted molar refractivity (Wildman–Crippen MR) is 80.0 cm³/mol. The average Bonchev–Trinajstić information content (AvgIpc) is 2.78. The molecule has 0 aromatic heterocycles. The molecule has 0 aliphatic carbocycles. The second kappa shape index (κ2) is 6.07. The van der Waals surface area contributed by atoms with Crippen molar-refractivity contribution in [2.45, 2.75) is 6.92 Å². The third-order valence-corrected chi connectivity index (χ3v) is 4.22. The van der Waals surface area contributed by atoms with Gasteiger partial charge in [0.25, 0.3) is 5.69 Å². The van der Waals surface area contributed by atoms with Gasteiger partial charge in [-0.05, 0) is 5.92 Å². The predicted octanol–water partition coefficient (Wildman–Crippen LogP) is 3.15. The molecule has 1 aromatic rings. The van der Waals surface area contributed by atoms with Crippen LogP contribution in [0.5, 0.6) is 0 Å². The van der Waals surface area contributed by atoms with Crippen LogP contribution in [0.4, 0.5) is 11.4 Å². The number of hydrogen-bond donors (Lipinski definition) is 0. The number of ether oxygens (including phenoxy) is 1. The molecule has 1 aliphatic heterocycles. The Balaban J connectivity index is 2.32. The number of halogens is 2. The van der Waals surface area contributed by atoms with Crippen LogP contribution in [0, 0.1) is 22.0 Å². The second-order valence-corrected chi connectivity index (χ2v) is 5.84. The highest BCUT2D eigenvalue weighted by atomic mass is 35.5. The summed E-state index contributed by atoms with van der Waals surface area (Å²) in [6.45, 7) is 2.94. The molecule has 114 valence electrons.